The van der Waals surface area contributed by atoms with Gasteiger partial charge in [0, 0.05) is 0 Å². The van der Waals surface area contributed by atoms with Gasteiger partial charge in [0.2, 0.25) is 0 Å². The molecule has 0 aromatic rings. The normalized spacial score (nSPS) is 23.1. The van der Waals surface area contributed by atoms with Gasteiger partial charge in [0.15, 0.2) is 0 Å². The van der Waals surface area contributed by atoms with Gasteiger partial charge in [-0.2, -0.15) is 0 Å². The predicted octanol–water partition coefficient (Wildman–Crippen LogP) is 3.84. The standard InChI is InChI=1S/C14H24O/c1-5-6-13-8-7-12(9-11(13)2)10-14(3,4)15/h5,12,15H,1,6-10H2,2-4H3. The van der Waals surface area contributed by atoms with Gasteiger partial charge in [-0.1, -0.05) is 17.2 Å². The molecular formula is C14H24O. The molecule has 1 heteroatoms. The fourth-order valence-electron chi connectivity index (χ4n) is 2.60. The molecule has 1 rings (SSSR count). The van der Waals surface area contributed by atoms with Crippen molar-refractivity contribution in [2.75, 3.05) is 0 Å². The van der Waals surface area contributed by atoms with Crippen molar-refractivity contribution in [2.45, 2.75) is 58.5 Å². The van der Waals surface area contributed by atoms with Crippen molar-refractivity contribution in [1.29, 1.82) is 0 Å². The number of allylic oxidation sites excluding steroid dienone is 3. The van der Waals surface area contributed by atoms with Crippen molar-refractivity contribution in [3.8, 4) is 0 Å². The van der Waals surface area contributed by atoms with Gasteiger partial charge in [-0.25, -0.2) is 0 Å². The van der Waals surface area contributed by atoms with Gasteiger partial charge in [-0.05, 0) is 58.8 Å². The second kappa shape index (κ2) is 4.98. The first-order chi connectivity index (χ1) is 6.92. The van der Waals surface area contributed by atoms with Crippen molar-refractivity contribution in [3.05, 3.63) is 23.8 Å². The van der Waals surface area contributed by atoms with Crippen LogP contribution in [0.4, 0.5) is 0 Å². The average Bonchev–Trinajstić information content (AvgIpc) is 2.07. The topological polar surface area (TPSA) is 20.2 Å². The molecule has 0 aromatic heterocycles. The van der Waals surface area contributed by atoms with Crippen LogP contribution in [0.1, 0.15) is 52.9 Å². The monoisotopic (exact) mass is 208 g/mol. The number of hydrogen-bond acceptors (Lipinski definition) is 1. The maximum absolute atomic E-state index is 9.79. The molecule has 1 atom stereocenters. The van der Waals surface area contributed by atoms with E-state index < -0.39 is 5.60 Å². The zero-order valence-corrected chi connectivity index (χ0v) is 10.3. The van der Waals surface area contributed by atoms with Crippen LogP contribution in [0.25, 0.3) is 0 Å². The molecule has 0 spiro atoms. The Morgan fingerprint density at radius 2 is 2.20 bits per heavy atom. The molecule has 1 aliphatic rings. The SMILES string of the molecule is C=CCC1=C(C)CC(CC(C)(C)O)CC1. The van der Waals surface area contributed by atoms with Gasteiger partial charge in [0.1, 0.15) is 0 Å². The number of hydrogen-bond donors (Lipinski definition) is 1. The molecule has 1 unspecified atom stereocenters. The van der Waals surface area contributed by atoms with E-state index in [4.69, 9.17) is 0 Å². The second-order valence-corrected chi connectivity index (χ2v) is 5.50. The smallest absolute Gasteiger partial charge is 0.0594 e. The lowest BCUT2D eigenvalue weighted by Crippen LogP contribution is -2.24. The van der Waals surface area contributed by atoms with E-state index in [1.165, 1.54) is 18.4 Å². The third-order valence-corrected chi connectivity index (χ3v) is 3.23. The lowest BCUT2D eigenvalue weighted by atomic mass is 9.78. The Bertz CT molecular complexity index is 255. The van der Waals surface area contributed by atoms with E-state index in [9.17, 15) is 5.11 Å². The third kappa shape index (κ3) is 4.21. The molecule has 0 radical (unpaired) electrons. The molecule has 0 aromatic carbocycles. The Hall–Kier alpha value is -0.560. The minimum absolute atomic E-state index is 0.513. The highest BCUT2D eigenvalue weighted by molar-refractivity contribution is 5.18. The van der Waals surface area contributed by atoms with Crippen molar-refractivity contribution in [1.82, 2.24) is 0 Å². The van der Waals surface area contributed by atoms with Crippen molar-refractivity contribution >= 4 is 0 Å². The van der Waals surface area contributed by atoms with Gasteiger partial charge in [-0.15, -0.1) is 6.58 Å². The van der Waals surface area contributed by atoms with E-state index in [2.05, 4.69) is 13.5 Å². The van der Waals surface area contributed by atoms with E-state index in [-0.39, 0.29) is 0 Å². The van der Waals surface area contributed by atoms with Crippen molar-refractivity contribution in [3.63, 3.8) is 0 Å². The Morgan fingerprint density at radius 1 is 1.53 bits per heavy atom. The summed E-state index contributed by atoms with van der Waals surface area (Å²) in [5.41, 5.74) is 2.58. The van der Waals surface area contributed by atoms with Crippen LogP contribution in [0.15, 0.2) is 23.8 Å². The zero-order chi connectivity index (χ0) is 11.5. The molecule has 1 nitrogen and oxygen atoms in total. The Morgan fingerprint density at radius 3 is 2.67 bits per heavy atom. The quantitative estimate of drug-likeness (QED) is 0.696. The largest absolute Gasteiger partial charge is 0.390 e. The van der Waals surface area contributed by atoms with E-state index in [1.54, 1.807) is 5.57 Å². The molecule has 0 saturated heterocycles. The first-order valence-corrected chi connectivity index (χ1v) is 5.93. The summed E-state index contributed by atoms with van der Waals surface area (Å²) in [6.07, 6.45) is 7.54. The van der Waals surface area contributed by atoms with Crippen LogP contribution in [0.3, 0.4) is 0 Å². The van der Waals surface area contributed by atoms with Crippen LogP contribution in [0.5, 0.6) is 0 Å². The van der Waals surface area contributed by atoms with Crippen LogP contribution in [0.2, 0.25) is 0 Å². The van der Waals surface area contributed by atoms with Gasteiger partial charge >= 0.3 is 0 Å². The molecule has 0 heterocycles. The summed E-state index contributed by atoms with van der Waals surface area (Å²) < 4.78 is 0. The Labute approximate surface area is 93.9 Å². The third-order valence-electron chi connectivity index (χ3n) is 3.23. The highest BCUT2D eigenvalue weighted by atomic mass is 16.3. The molecule has 0 saturated carbocycles. The first kappa shape index (κ1) is 12.5. The van der Waals surface area contributed by atoms with Crippen LogP contribution < -0.4 is 0 Å². The molecule has 1 aliphatic carbocycles. The van der Waals surface area contributed by atoms with E-state index in [1.807, 2.05) is 19.9 Å². The predicted molar refractivity (Wildman–Crippen MR) is 65.8 cm³/mol. The highest BCUT2D eigenvalue weighted by Gasteiger charge is 2.24. The lowest BCUT2D eigenvalue weighted by Gasteiger charge is -2.30. The van der Waals surface area contributed by atoms with Crippen LogP contribution in [-0.4, -0.2) is 10.7 Å². The summed E-state index contributed by atoms with van der Waals surface area (Å²) in [5, 5.41) is 9.79. The van der Waals surface area contributed by atoms with Crippen LogP contribution in [-0.2, 0) is 0 Å². The second-order valence-electron chi connectivity index (χ2n) is 5.50. The van der Waals surface area contributed by atoms with Gasteiger partial charge < -0.3 is 5.11 Å². The Balaban J connectivity index is 2.55. The maximum atomic E-state index is 9.79. The molecule has 0 aliphatic heterocycles. The van der Waals surface area contributed by atoms with E-state index >= 15 is 0 Å². The molecule has 1 N–H and O–H groups in total. The number of aliphatic hydroxyl groups is 1. The molecular weight excluding hydrogens is 184 g/mol. The molecule has 0 fully saturated rings. The summed E-state index contributed by atoms with van der Waals surface area (Å²) in [5.74, 6) is 0.665. The molecule has 86 valence electrons. The highest BCUT2D eigenvalue weighted by Crippen LogP contribution is 2.35. The molecule has 0 amide bonds. The summed E-state index contributed by atoms with van der Waals surface area (Å²) in [6, 6.07) is 0. The fourth-order valence-corrected chi connectivity index (χ4v) is 2.60. The summed E-state index contributed by atoms with van der Waals surface area (Å²) in [6.45, 7) is 9.84. The first-order valence-electron chi connectivity index (χ1n) is 5.93. The summed E-state index contributed by atoms with van der Waals surface area (Å²) in [4.78, 5) is 0. The van der Waals surface area contributed by atoms with Gasteiger partial charge in [-0.3, -0.25) is 0 Å². The average molecular weight is 208 g/mol. The van der Waals surface area contributed by atoms with E-state index in [0.717, 1.165) is 19.3 Å². The molecule has 15 heavy (non-hydrogen) atoms. The van der Waals surface area contributed by atoms with E-state index in [0.29, 0.717) is 5.92 Å². The maximum Gasteiger partial charge on any atom is 0.0594 e. The number of rotatable bonds is 4. The summed E-state index contributed by atoms with van der Waals surface area (Å²) in [7, 11) is 0. The van der Waals surface area contributed by atoms with Gasteiger partial charge in [0.25, 0.3) is 0 Å². The minimum atomic E-state index is -0.513. The van der Waals surface area contributed by atoms with Crippen molar-refractivity contribution in [2.24, 2.45) is 5.92 Å². The van der Waals surface area contributed by atoms with Gasteiger partial charge in [0.05, 0.1) is 5.60 Å². The lowest BCUT2D eigenvalue weighted by molar-refractivity contribution is 0.0501. The molecule has 0 bridgehead atoms. The minimum Gasteiger partial charge on any atom is -0.390 e. The fraction of sp³-hybridized carbons (Fsp3) is 0.714. The Kier molecular flexibility index (Phi) is 4.15. The van der Waals surface area contributed by atoms with Crippen LogP contribution >= 0.6 is 0 Å². The van der Waals surface area contributed by atoms with Crippen molar-refractivity contribution < 1.29 is 5.11 Å². The summed E-state index contributed by atoms with van der Waals surface area (Å²) >= 11 is 0. The zero-order valence-electron chi connectivity index (χ0n) is 10.3. The van der Waals surface area contributed by atoms with Crippen LogP contribution in [0, 0.1) is 5.92 Å².